The minimum absolute atomic E-state index is 0.222. The highest BCUT2D eigenvalue weighted by molar-refractivity contribution is 9.10. The van der Waals surface area contributed by atoms with Gasteiger partial charge in [-0.05, 0) is 11.1 Å². The second-order valence-electron chi connectivity index (χ2n) is 5.91. The van der Waals surface area contributed by atoms with Crippen LogP contribution in [0.4, 0.5) is 37.7 Å². The van der Waals surface area contributed by atoms with Gasteiger partial charge < -0.3 is 0 Å². The van der Waals surface area contributed by atoms with Gasteiger partial charge in [0.15, 0.2) is 0 Å². The molecular formula is C16H8Br2F6N2O4S. The molecule has 0 amide bonds. The van der Waals surface area contributed by atoms with Crippen molar-refractivity contribution in [1.29, 1.82) is 0 Å². The Balaban J connectivity index is 2.40. The van der Waals surface area contributed by atoms with Crippen LogP contribution in [-0.2, 0) is 23.9 Å². The van der Waals surface area contributed by atoms with Crippen molar-refractivity contribution in [2.24, 2.45) is 0 Å². The van der Waals surface area contributed by atoms with E-state index in [2.05, 4.69) is 31.9 Å². The average Bonchev–Trinajstić information content (AvgIpc) is 2.61. The Labute approximate surface area is 190 Å². The molecule has 0 heterocycles. The molecule has 0 bridgehead atoms. The van der Waals surface area contributed by atoms with Gasteiger partial charge in [0.2, 0.25) is 0 Å². The quantitative estimate of drug-likeness (QED) is 0.195. The van der Waals surface area contributed by atoms with Gasteiger partial charge in [0.1, 0.15) is 0 Å². The predicted molar refractivity (Wildman–Crippen MR) is 107 cm³/mol. The van der Waals surface area contributed by atoms with Crippen LogP contribution in [0.25, 0.3) is 0 Å². The predicted octanol–water partition coefficient (Wildman–Crippen LogP) is 7.50. The number of nitro groups is 2. The van der Waals surface area contributed by atoms with Crippen molar-refractivity contribution in [3.05, 3.63) is 75.7 Å². The standard InChI is InChI=1S/C16H8Br2F6N2O4S/c17-13-3-7(25(27)28)1-11(15(19,20)21)9(13)5-31-6-10-12(16(22,23)24)2-8(26(29)30)4-14(10)18/h1-4H,5-6H2. The summed E-state index contributed by atoms with van der Waals surface area (Å²) in [7, 11) is 0. The lowest BCUT2D eigenvalue weighted by molar-refractivity contribution is -0.385. The number of nitrogens with zero attached hydrogens (tertiary/aromatic N) is 2. The molecule has 0 fully saturated rings. The van der Waals surface area contributed by atoms with E-state index in [-0.39, 0.29) is 20.1 Å². The van der Waals surface area contributed by atoms with Crippen LogP contribution < -0.4 is 0 Å². The van der Waals surface area contributed by atoms with Gasteiger partial charge in [0, 0.05) is 44.7 Å². The van der Waals surface area contributed by atoms with Crippen molar-refractivity contribution in [3.8, 4) is 0 Å². The Morgan fingerprint density at radius 2 is 1.06 bits per heavy atom. The number of rotatable bonds is 6. The number of alkyl halides is 6. The van der Waals surface area contributed by atoms with E-state index in [1.165, 1.54) is 0 Å². The van der Waals surface area contributed by atoms with Gasteiger partial charge in [-0.3, -0.25) is 20.2 Å². The van der Waals surface area contributed by atoms with Crippen molar-refractivity contribution in [3.63, 3.8) is 0 Å². The Hall–Kier alpha value is -1.87. The van der Waals surface area contributed by atoms with Crippen molar-refractivity contribution in [2.45, 2.75) is 23.9 Å². The molecule has 0 saturated heterocycles. The summed E-state index contributed by atoms with van der Waals surface area (Å²) in [5.74, 6) is -0.873. The number of halogens is 8. The van der Waals surface area contributed by atoms with Crippen LogP contribution in [0.2, 0.25) is 0 Å². The monoisotopic (exact) mass is 596 g/mol. The largest absolute Gasteiger partial charge is 0.416 e. The summed E-state index contributed by atoms with van der Waals surface area (Å²) in [6.07, 6.45) is -9.87. The maximum Gasteiger partial charge on any atom is 0.416 e. The Kier molecular flexibility index (Phi) is 7.63. The molecule has 2 aromatic rings. The molecule has 2 aromatic carbocycles. The highest BCUT2D eigenvalue weighted by Gasteiger charge is 2.38. The molecule has 2 rings (SSSR count). The smallest absolute Gasteiger partial charge is 0.258 e. The summed E-state index contributed by atoms with van der Waals surface area (Å²) >= 11 is 6.38. The van der Waals surface area contributed by atoms with Crippen molar-refractivity contribution in [1.82, 2.24) is 0 Å². The zero-order chi connectivity index (χ0) is 23.7. The molecule has 15 heteroatoms. The van der Waals surface area contributed by atoms with Crippen LogP contribution in [0.15, 0.2) is 33.2 Å². The van der Waals surface area contributed by atoms with Crippen LogP contribution >= 0.6 is 43.6 Å². The molecule has 168 valence electrons. The molecule has 0 aliphatic rings. The third-order valence-corrected chi connectivity index (χ3v) is 6.29. The molecular weight excluding hydrogens is 590 g/mol. The van der Waals surface area contributed by atoms with Gasteiger partial charge in [0.25, 0.3) is 11.4 Å². The zero-order valence-electron chi connectivity index (χ0n) is 14.7. The van der Waals surface area contributed by atoms with Gasteiger partial charge in [-0.2, -0.15) is 38.1 Å². The minimum atomic E-state index is -4.94. The first kappa shape index (κ1) is 25.4. The van der Waals surface area contributed by atoms with Crippen molar-refractivity contribution < 1.29 is 36.2 Å². The number of hydrogen-bond acceptors (Lipinski definition) is 5. The van der Waals surface area contributed by atoms with E-state index in [0.717, 1.165) is 12.1 Å². The van der Waals surface area contributed by atoms with E-state index < -0.39 is 56.2 Å². The third-order valence-electron chi connectivity index (χ3n) is 3.89. The topological polar surface area (TPSA) is 86.3 Å². The van der Waals surface area contributed by atoms with Gasteiger partial charge in [-0.25, -0.2) is 0 Å². The Morgan fingerprint density at radius 3 is 1.32 bits per heavy atom. The van der Waals surface area contributed by atoms with Crippen LogP contribution in [0.3, 0.4) is 0 Å². The van der Waals surface area contributed by atoms with Crippen LogP contribution in [0, 0.1) is 20.2 Å². The Bertz CT molecular complexity index is 965. The lowest BCUT2D eigenvalue weighted by Gasteiger charge is -2.16. The highest BCUT2D eigenvalue weighted by Crippen LogP contribution is 2.42. The molecule has 0 aliphatic carbocycles. The molecule has 0 atom stereocenters. The van der Waals surface area contributed by atoms with Gasteiger partial charge in [-0.1, -0.05) is 31.9 Å². The maximum atomic E-state index is 13.4. The third kappa shape index (κ3) is 6.10. The second kappa shape index (κ2) is 9.32. The summed E-state index contributed by atoms with van der Waals surface area (Å²) in [4.78, 5) is 19.7. The molecule has 0 saturated carbocycles. The van der Waals surface area contributed by atoms with Crippen LogP contribution in [-0.4, -0.2) is 9.85 Å². The summed E-state index contributed by atoms with van der Waals surface area (Å²) in [5.41, 5.74) is -4.94. The summed E-state index contributed by atoms with van der Waals surface area (Å²) in [5, 5.41) is 21.7. The summed E-state index contributed by atoms with van der Waals surface area (Å²) in [6.45, 7) is 0. The van der Waals surface area contributed by atoms with E-state index >= 15 is 0 Å². The molecule has 31 heavy (non-hydrogen) atoms. The summed E-state index contributed by atoms with van der Waals surface area (Å²) < 4.78 is 79.7. The fourth-order valence-corrected chi connectivity index (χ4v) is 5.19. The Morgan fingerprint density at radius 1 is 0.742 bits per heavy atom. The molecule has 0 spiro atoms. The zero-order valence-corrected chi connectivity index (χ0v) is 18.7. The molecule has 0 radical (unpaired) electrons. The number of benzene rings is 2. The normalized spacial score (nSPS) is 12.1. The minimum Gasteiger partial charge on any atom is -0.258 e. The first-order valence-corrected chi connectivity index (χ1v) is 10.5. The van der Waals surface area contributed by atoms with E-state index in [9.17, 15) is 46.6 Å². The fourth-order valence-electron chi connectivity index (χ4n) is 2.51. The lowest BCUT2D eigenvalue weighted by atomic mass is 10.1. The maximum absolute atomic E-state index is 13.4. The van der Waals surface area contributed by atoms with Gasteiger partial charge in [0.05, 0.1) is 21.0 Å². The molecule has 0 aliphatic heterocycles. The van der Waals surface area contributed by atoms with E-state index in [1.54, 1.807) is 0 Å². The molecule has 0 N–H and O–H groups in total. The number of nitro benzene ring substituents is 2. The van der Waals surface area contributed by atoms with E-state index in [4.69, 9.17) is 0 Å². The van der Waals surface area contributed by atoms with Gasteiger partial charge >= 0.3 is 12.4 Å². The molecule has 0 unspecified atom stereocenters. The SMILES string of the molecule is O=[N+]([O-])c1cc(Br)c(CSCc2c(Br)cc([N+](=O)[O-])cc2C(F)(F)F)c(C(F)(F)F)c1. The summed E-state index contributed by atoms with van der Waals surface area (Å²) in [6, 6.07) is 2.44. The highest BCUT2D eigenvalue weighted by atomic mass is 79.9. The van der Waals surface area contributed by atoms with Crippen molar-refractivity contribution in [2.75, 3.05) is 0 Å². The average molecular weight is 598 g/mol. The fraction of sp³-hybridized carbons (Fsp3) is 0.250. The number of non-ortho nitro benzene ring substituents is 2. The van der Waals surface area contributed by atoms with Crippen LogP contribution in [0.5, 0.6) is 0 Å². The second-order valence-corrected chi connectivity index (χ2v) is 8.60. The van der Waals surface area contributed by atoms with Crippen LogP contribution in [0.1, 0.15) is 22.3 Å². The van der Waals surface area contributed by atoms with E-state index in [1.807, 2.05) is 0 Å². The first-order chi connectivity index (χ1) is 14.1. The van der Waals surface area contributed by atoms with Crippen molar-refractivity contribution >= 4 is 55.0 Å². The number of thioether (sulfide) groups is 1. The van der Waals surface area contributed by atoms with Gasteiger partial charge in [-0.15, -0.1) is 0 Å². The lowest BCUT2D eigenvalue weighted by Crippen LogP contribution is -2.11. The number of hydrogen-bond donors (Lipinski definition) is 0. The van der Waals surface area contributed by atoms with E-state index in [0.29, 0.717) is 23.9 Å². The molecule has 6 nitrogen and oxygen atoms in total. The molecule has 0 aromatic heterocycles. The first-order valence-electron chi connectivity index (χ1n) is 7.78.